The summed E-state index contributed by atoms with van der Waals surface area (Å²) in [4.78, 5) is 18.7. The van der Waals surface area contributed by atoms with Gasteiger partial charge in [-0.3, -0.25) is 9.69 Å². The summed E-state index contributed by atoms with van der Waals surface area (Å²) in [5, 5.41) is 11.3. The second kappa shape index (κ2) is 9.09. The maximum atomic E-state index is 13.2. The summed E-state index contributed by atoms with van der Waals surface area (Å²) < 4.78 is 14.5. The molecule has 0 aliphatic carbocycles. The first-order valence-electron chi connectivity index (χ1n) is 9.75. The van der Waals surface area contributed by atoms with Gasteiger partial charge in [-0.25, -0.2) is 14.1 Å². The lowest BCUT2D eigenvalue weighted by Gasteiger charge is -2.21. The number of halogens is 1. The second-order valence-electron chi connectivity index (χ2n) is 7.17. The summed E-state index contributed by atoms with van der Waals surface area (Å²) in [5.41, 5.74) is 4.46. The summed E-state index contributed by atoms with van der Waals surface area (Å²) in [5.74, 6) is 6.67. The summed E-state index contributed by atoms with van der Waals surface area (Å²) in [6.45, 7) is 5.55. The molecule has 0 radical (unpaired) electrons. The van der Waals surface area contributed by atoms with Gasteiger partial charge in [-0.15, -0.1) is 21.5 Å². The number of aromatic nitrogens is 4. The van der Waals surface area contributed by atoms with Gasteiger partial charge >= 0.3 is 0 Å². The fourth-order valence-corrected chi connectivity index (χ4v) is 4.89. The van der Waals surface area contributed by atoms with Crippen LogP contribution in [-0.2, 0) is 10.5 Å². The number of rotatable bonds is 6. The van der Waals surface area contributed by atoms with E-state index in [0.717, 1.165) is 22.5 Å². The highest BCUT2D eigenvalue weighted by Crippen LogP contribution is 2.33. The van der Waals surface area contributed by atoms with Crippen LogP contribution in [0.1, 0.15) is 23.7 Å². The molecule has 164 valence electrons. The van der Waals surface area contributed by atoms with E-state index in [1.807, 2.05) is 37.4 Å². The van der Waals surface area contributed by atoms with Crippen LogP contribution in [-0.4, -0.2) is 25.8 Å². The molecule has 0 saturated heterocycles. The first-order chi connectivity index (χ1) is 15.3. The number of thiazole rings is 1. The maximum Gasteiger partial charge on any atom is 0.230 e. The van der Waals surface area contributed by atoms with Crippen molar-refractivity contribution in [2.75, 3.05) is 10.7 Å². The molecule has 2 aromatic heterocycles. The van der Waals surface area contributed by atoms with Gasteiger partial charge in [-0.2, -0.15) is 0 Å². The molecule has 0 unspecified atom stereocenters. The largest absolute Gasteiger partial charge is 0.335 e. The number of thioether (sulfide) groups is 1. The number of benzene rings is 2. The number of carbonyl (C=O) groups is 1. The molecule has 32 heavy (non-hydrogen) atoms. The topological polar surface area (TPSA) is 89.9 Å². The van der Waals surface area contributed by atoms with Gasteiger partial charge in [0.25, 0.3) is 0 Å². The molecule has 10 heteroatoms. The Morgan fingerprint density at radius 3 is 2.66 bits per heavy atom. The van der Waals surface area contributed by atoms with Crippen LogP contribution in [0.15, 0.2) is 53.0 Å². The van der Waals surface area contributed by atoms with Crippen LogP contribution in [0.4, 0.5) is 15.2 Å². The molecule has 1 amide bonds. The summed E-state index contributed by atoms with van der Waals surface area (Å²) in [6, 6.07) is 11.8. The number of anilines is 2. The normalized spacial score (nSPS) is 11.0. The molecule has 2 aromatic carbocycles. The van der Waals surface area contributed by atoms with Gasteiger partial charge < -0.3 is 5.84 Å². The number of hydrogen-bond acceptors (Lipinski definition) is 7. The molecule has 7 nitrogen and oxygen atoms in total. The molecular weight excluding hydrogens is 447 g/mol. The van der Waals surface area contributed by atoms with Crippen molar-refractivity contribution in [3.8, 4) is 11.4 Å². The van der Waals surface area contributed by atoms with E-state index in [9.17, 15) is 9.18 Å². The van der Waals surface area contributed by atoms with Gasteiger partial charge in [0, 0.05) is 23.6 Å². The minimum atomic E-state index is -0.328. The molecule has 0 aliphatic heterocycles. The first-order valence-corrected chi connectivity index (χ1v) is 11.6. The molecule has 0 atom stereocenters. The van der Waals surface area contributed by atoms with Crippen LogP contribution in [0.5, 0.6) is 0 Å². The third-order valence-corrected chi connectivity index (χ3v) is 6.83. The van der Waals surface area contributed by atoms with Crippen molar-refractivity contribution in [1.29, 1.82) is 0 Å². The zero-order chi connectivity index (χ0) is 22.8. The van der Waals surface area contributed by atoms with E-state index in [1.165, 1.54) is 46.8 Å². The number of nitrogens with zero attached hydrogens (tertiary/aromatic N) is 5. The van der Waals surface area contributed by atoms with Gasteiger partial charge in [-0.1, -0.05) is 23.9 Å². The third-order valence-electron chi connectivity index (χ3n) is 4.98. The molecule has 0 aliphatic rings. The van der Waals surface area contributed by atoms with E-state index >= 15 is 0 Å². The molecule has 0 fully saturated rings. The highest BCUT2D eigenvalue weighted by atomic mass is 32.2. The van der Waals surface area contributed by atoms with E-state index in [2.05, 4.69) is 15.2 Å². The van der Waals surface area contributed by atoms with Crippen molar-refractivity contribution in [3.05, 3.63) is 70.5 Å². The Balaban J connectivity index is 1.52. The Morgan fingerprint density at radius 2 is 1.94 bits per heavy atom. The number of nitrogen functional groups attached to an aromatic ring is 1. The average molecular weight is 469 g/mol. The smallest absolute Gasteiger partial charge is 0.230 e. The van der Waals surface area contributed by atoms with Crippen LogP contribution < -0.4 is 10.7 Å². The number of nitrogens with two attached hydrogens (primary N) is 1. The van der Waals surface area contributed by atoms with Crippen molar-refractivity contribution in [2.24, 2.45) is 0 Å². The van der Waals surface area contributed by atoms with Crippen LogP contribution in [0.25, 0.3) is 11.4 Å². The predicted molar refractivity (Wildman–Crippen MR) is 126 cm³/mol. The van der Waals surface area contributed by atoms with Crippen LogP contribution in [0, 0.1) is 19.7 Å². The lowest BCUT2D eigenvalue weighted by atomic mass is 10.1. The lowest BCUT2D eigenvalue weighted by Crippen LogP contribution is -2.23. The van der Waals surface area contributed by atoms with Crippen molar-refractivity contribution in [2.45, 2.75) is 31.7 Å². The van der Waals surface area contributed by atoms with E-state index in [0.29, 0.717) is 27.4 Å². The Hall–Kier alpha value is -3.24. The van der Waals surface area contributed by atoms with Crippen molar-refractivity contribution in [3.63, 3.8) is 0 Å². The number of amides is 1. The number of carbonyl (C=O) groups excluding carboxylic acids is 1. The van der Waals surface area contributed by atoms with E-state index in [1.54, 1.807) is 17.0 Å². The average Bonchev–Trinajstić information content (AvgIpc) is 3.37. The highest BCUT2D eigenvalue weighted by molar-refractivity contribution is 7.98. The molecule has 0 bridgehead atoms. The number of aryl methyl sites for hydroxylation is 1. The SMILES string of the molecule is CC(=O)N(c1nc(CSc2nnc(-c3ccc(F)cc3)n2N)cs1)c1cccc(C)c1C. The van der Waals surface area contributed by atoms with Gasteiger partial charge in [0.05, 0.1) is 11.4 Å². The summed E-state index contributed by atoms with van der Waals surface area (Å²) >= 11 is 2.79. The molecule has 2 heterocycles. The Morgan fingerprint density at radius 1 is 1.19 bits per heavy atom. The zero-order valence-electron chi connectivity index (χ0n) is 17.7. The Labute approximate surface area is 193 Å². The van der Waals surface area contributed by atoms with Gasteiger partial charge in [0.15, 0.2) is 11.0 Å². The van der Waals surface area contributed by atoms with Crippen molar-refractivity contribution < 1.29 is 9.18 Å². The van der Waals surface area contributed by atoms with E-state index in [-0.39, 0.29) is 11.7 Å². The quantitative estimate of drug-likeness (QED) is 0.321. The molecule has 0 saturated carbocycles. The van der Waals surface area contributed by atoms with Crippen LogP contribution >= 0.6 is 23.1 Å². The maximum absolute atomic E-state index is 13.2. The van der Waals surface area contributed by atoms with E-state index < -0.39 is 0 Å². The molecule has 0 spiro atoms. The summed E-state index contributed by atoms with van der Waals surface area (Å²) in [6.07, 6.45) is 0. The molecule has 4 rings (SSSR count). The molecule has 4 aromatic rings. The Kier molecular flexibility index (Phi) is 6.24. The molecule has 2 N–H and O–H groups in total. The van der Waals surface area contributed by atoms with Gasteiger partial charge in [0.1, 0.15) is 5.82 Å². The first kappa shape index (κ1) is 22.0. The molecular formula is C22H21FN6OS2. The standard InChI is InChI=1S/C22H21FN6OS2/c1-13-5-4-6-19(14(13)2)28(15(3)30)21-25-18(11-31-21)12-32-22-27-26-20(29(22)24)16-7-9-17(23)10-8-16/h4-11H,12,24H2,1-3H3. The van der Waals surface area contributed by atoms with Crippen molar-refractivity contribution >= 4 is 39.8 Å². The lowest BCUT2D eigenvalue weighted by molar-refractivity contribution is -0.115. The van der Waals surface area contributed by atoms with Gasteiger partial charge in [-0.05, 0) is 55.3 Å². The number of hydrogen-bond donors (Lipinski definition) is 1. The van der Waals surface area contributed by atoms with Crippen LogP contribution in [0.3, 0.4) is 0 Å². The zero-order valence-corrected chi connectivity index (χ0v) is 19.4. The Bertz CT molecular complexity index is 1270. The third kappa shape index (κ3) is 4.37. The minimum absolute atomic E-state index is 0.0992. The minimum Gasteiger partial charge on any atom is -0.335 e. The van der Waals surface area contributed by atoms with Crippen molar-refractivity contribution in [1.82, 2.24) is 19.9 Å². The van der Waals surface area contributed by atoms with Gasteiger partial charge in [0.2, 0.25) is 11.1 Å². The summed E-state index contributed by atoms with van der Waals surface area (Å²) in [7, 11) is 0. The second-order valence-corrected chi connectivity index (χ2v) is 8.95. The fraction of sp³-hybridized carbons (Fsp3) is 0.182. The highest BCUT2D eigenvalue weighted by Gasteiger charge is 2.21. The monoisotopic (exact) mass is 468 g/mol. The predicted octanol–water partition coefficient (Wildman–Crippen LogP) is 4.85. The van der Waals surface area contributed by atoms with E-state index in [4.69, 9.17) is 5.84 Å². The fourth-order valence-electron chi connectivity index (χ4n) is 3.16. The van der Waals surface area contributed by atoms with Crippen LogP contribution in [0.2, 0.25) is 0 Å².